The second kappa shape index (κ2) is 31.7. The molecule has 13 rings (SSSR count). The molecule has 0 radical (unpaired) electrons. The SMILES string of the molecule is Cc1cc(C)c(N(c2ccc(Br)cc2)c2ccc(N(c3ccc(Br)cc3)c3c(C)cc(C)cc3C)cc2)c(C)c1.Cc1cc(C)c(N(c2ccccc2)c2ccc(N(c3ccccc3)c3c(C)cc(C)cc3C)cc2)c(C)c1.c1ccc(Nc2ccc(Nc3ccccc3)cc2)cc1. The van der Waals surface area contributed by atoms with E-state index in [4.69, 9.17) is 0 Å². The van der Waals surface area contributed by atoms with Crippen molar-refractivity contribution in [2.45, 2.75) is 83.1 Å². The van der Waals surface area contributed by atoms with Gasteiger partial charge in [0.25, 0.3) is 0 Å². The number of nitrogens with zero attached hydrogens (tertiary/aromatic N) is 4. The van der Waals surface area contributed by atoms with Crippen LogP contribution in [0.25, 0.3) is 0 Å². The quantitative estimate of drug-likeness (QED) is 0.100. The van der Waals surface area contributed by atoms with Crippen LogP contribution in [0.5, 0.6) is 0 Å². The van der Waals surface area contributed by atoms with E-state index < -0.39 is 0 Å². The molecule has 490 valence electrons. The maximum atomic E-state index is 3.61. The highest BCUT2D eigenvalue weighted by molar-refractivity contribution is 9.10. The molecule has 98 heavy (non-hydrogen) atoms. The monoisotopic (exact) mass is 1410 g/mol. The summed E-state index contributed by atoms with van der Waals surface area (Å²) in [5.74, 6) is 0. The van der Waals surface area contributed by atoms with Crippen LogP contribution in [-0.2, 0) is 0 Å². The van der Waals surface area contributed by atoms with Gasteiger partial charge in [0.2, 0.25) is 0 Å². The number of para-hydroxylation sites is 4. The molecule has 0 bridgehead atoms. The Balaban J connectivity index is 0.000000157. The number of rotatable bonds is 16. The Morgan fingerprint density at radius 1 is 0.194 bits per heavy atom. The predicted molar refractivity (Wildman–Crippen MR) is 430 cm³/mol. The average Bonchev–Trinajstić information content (AvgIpc) is 0.786. The van der Waals surface area contributed by atoms with E-state index in [0.29, 0.717) is 0 Å². The third-order valence-corrected chi connectivity index (χ3v) is 18.4. The number of hydrogen-bond donors (Lipinski definition) is 2. The first-order chi connectivity index (χ1) is 47.3. The van der Waals surface area contributed by atoms with Crippen LogP contribution in [0.15, 0.2) is 300 Å². The van der Waals surface area contributed by atoms with E-state index in [1.807, 2.05) is 36.4 Å². The maximum Gasteiger partial charge on any atom is 0.0520 e. The van der Waals surface area contributed by atoms with Gasteiger partial charge in [-0.1, -0.05) is 175 Å². The Hall–Kier alpha value is -10.4. The van der Waals surface area contributed by atoms with Gasteiger partial charge in [-0.3, -0.25) is 0 Å². The van der Waals surface area contributed by atoms with Crippen LogP contribution in [0.1, 0.15) is 66.8 Å². The van der Waals surface area contributed by atoms with Crippen molar-refractivity contribution in [3.63, 3.8) is 0 Å². The van der Waals surface area contributed by atoms with E-state index in [9.17, 15) is 0 Å². The molecule has 13 aromatic rings. The molecule has 13 aromatic carbocycles. The van der Waals surface area contributed by atoms with E-state index in [-0.39, 0.29) is 0 Å². The molecule has 0 aromatic heterocycles. The van der Waals surface area contributed by atoms with Crippen molar-refractivity contribution >= 4 is 123 Å². The zero-order valence-electron chi connectivity index (χ0n) is 58.3. The molecule has 2 N–H and O–H groups in total. The van der Waals surface area contributed by atoms with Gasteiger partial charge in [-0.25, -0.2) is 0 Å². The highest BCUT2D eigenvalue weighted by Gasteiger charge is 2.23. The summed E-state index contributed by atoms with van der Waals surface area (Å²) in [5.41, 5.74) is 33.6. The van der Waals surface area contributed by atoms with Crippen LogP contribution >= 0.6 is 31.9 Å². The van der Waals surface area contributed by atoms with Gasteiger partial charge >= 0.3 is 0 Å². The second-order valence-corrected chi connectivity index (χ2v) is 27.4. The molecule has 0 unspecified atom stereocenters. The Morgan fingerprint density at radius 2 is 0.357 bits per heavy atom. The first-order valence-corrected chi connectivity index (χ1v) is 35.0. The van der Waals surface area contributed by atoms with Crippen LogP contribution in [-0.4, -0.2) is 0 Å². The van der Waals surface area contributed by atoms with Crippen LogP contribution in [0.4, 0.5) is 91.0 Å². The molecule has 0 saturated heterocycles. The van der Waals surface area contributed by atoms with E-state index in [1.54, 1.807) is 0 Å². The zero-order valence-corrected chi connectivity index (χ0v) is 61.4. The number of benzene rings is 13. The van der Waals surface area contributed by atoms with E-state index in [2.05, 4.69) is 400 Å². The Bertz CT molecular complexity index is 4390. The number of aryl methyl sites for hydroxylation is 12. The topological polar surface area (TPSA) is 37.0 Å². The molecular formula is C90H86Br2N6. The summed E-state index contributed by atoms with van der Waals surface area (Å²) in [4.78, 5) is 9.49. The lowest BCUT2D eigenvalue weighted by molar-refractivity contribution is 1.19. The second-order valence-electron chi connectivity index (χ2n) is 25.5. The van der Waals surface area contributed by atoms with Gasteiger partial charge in [0, 0.05) is 77.2 Å². The van der Waals surface area contributed by atoms with Crippen molar-refractivity contribution in [3.8, 4) is 0 Å². The fourth-order valence-electron chi connectivity index (χ4n) is 13.6. The first kappa shape index (κ1) is 69.0. The summed E-state index contributed by atoms with van der Waals surface area (Å²) in [6, 6.07) is 103. The largest absolute Gasteiger partial charge is 0.356 e. The van der Waals surface area contributed by atoms with Gasteiger partial charge in [-0.05, 0) is 297 Å². The molecule has 0 amide bonds. The lowest BCUT2D eigenvalue weighted by atomic mass is 10.0. The summed E-state index contributed by atoms with van der Waals surface area (Å²) in [5, 5.41) is 6.73. The lowest BCUT2D eigenvalue weighted by Gasteiger charge is -2.31. The molecular weight excluding hydrogens is 1320 g/mol. The minimum atomic E-state index is 1.07. The van der Waals surface area contributed by atoms with Gasteiger partial charge in [0.15, 0.2) is 0 Å². The lowest BCUT2D eigenvalue weighted by Crippen LogP contribution is -2.15. The predicted octanol–water partition coefficient (Wildman–Crippen LogP) is 27.7. The molecule has 0 atom stereocenters. The van der Waals surface area contributed by atoms with Crippen LogP contribution in [0.2, 0.25) is 0 Å². The van der Waals surface area contributed by atoms with Gasteiger partial charge in [0.05, 0.1) is 22.7 Å². The van der Waals surface area contributed by atoms with Crippen LogP contribution in [0, 0.1) is 83.1 Å². The number of hydrogen-bond acceptors (Lipinski definition) is 6. The summed E-state index contributed by atoms with van der Waals surface area (Å²) in [6.45, 7) is 26.3. The van der Waals surface area contributed by atoms with Crippen molar-refractivity contribution in [2.75, 3.05) is 30.2 Å². The van der Waals surface area contributed by atoms with E-state index in [0.717, 1.165) is 77.2 Å². The summed E-state index contributed by atoms with van der Waals surface area (Å²) in [6.07, 6.45) is 0. The van der Waals surface area contributed by atoms with Crippen molar-refractivity contribution < 1.29 is 0 Å². The smallest absolute Gasteiger partial charge is 0.0520 e. The Morgan fingerprint density at radius 3 is 0.561 bits per heavy atom. The van der Waals surface area contributed by atoms with Crippen LogP contribution in [0.3, 0.4) is 0 Å². The van der Waals surface area contributed by atoms with Gasteiger partial charge in [-0.2, -0.15) is 0 Å². The minimum Gasteiger partial charge on any atom is -0.356 e. The Kier molecular flexibility index (Phi) is 22.3. The highest BCUT2D eigenvalue weighted by Crippen LogP contribution is 2.46. The average molecular weight is 1410 g/mol. The number of nitrogens with one attached hydrogen (secondary N) is 2. The van der Waals surface area contributed by atoms with Gasteiger partial charge in [-0.15, -0.1) is 0 Å². The molecule has 0 spiro atoms. The third-order valence-electron chi connectivity index (χ3n) is 17.4. The van der Waals surface area contributed by atoms with Crippen molar-refractivity contribution in [1.82, 2.24) is 0 Å². The first-order valence-electron chi connectivity index (χ1n) is 33.4. The molecule has 0 saturated carbocycles. The van der Waals surface area contributed by atoms with Crippen molar-refractivity contribution in [3.05, 3.63) is 367 Å². The fourth-order valence-corrected chi connectivity index (χ4v) is 14.1. The molecule has 8 heteroatoms. The number of halogens is 2. The summed E-state index contributed by atoms with van der Waals surface area (Å²) in [7, 11) is 0. The molecule has 0 aliphatic heterocycles. The van der Waals surface area contributed by atoms with Crippen molar-refractivity contribution in [2.24, 2.45) is 0 Å². The standard InChI is InChI=1S/C36H34Br2N2.C36H36N2.C18H16N2/c1-23-19-25(3)35(26(4)20-23)39(31-11-7-29(37)8-12-31)33-15-17-34(18-16-33)40(32-13-9-30(38)10-14-32)36-27(5)21-24(2)22-28(36)6;1-25-21-27(3)35(28(4)22-25)37(31-13-9-7-10-14-31)33-17-19-34(20-18-33)38(32-15-11-8-12-16-32)36-29(5)23-26(2)24-30(36)6;1-3-7-15(8-4-1)19-17-11-13-18(14-12-17)20-16-9-5-2-6-10-16/h7-22H,1-6H3;7-24H,1-6H3;1-14,19-20H. The maximum absolute atomic E-state index is 3.61. The minimum absolute atomic E-state index is 1.07. The number of anilines is 16. The van der Waals surface area contributed by atoms with E-state index in [1.165, 1.54) is 89.5 Å². The Labute approximate surface area is 598 Å². The fraction of sp³-hybridized carbons (Fsp3) is 0.133. The van der Waals surface area contributed by atoms with Gasteiger partial charge in [0.1, 0.15) is 0 Å². The molecule has 0 aliphatic carbocycles. The third kappa shape index (κ3) is 16.7. The molecule has 0 fully saturated rings. The summed E-state index contributed by atoms with van der Waals surface area (Å²) < 4.78 is 2.13. The molecule has 0 aliphatic rings. The highest BCUT2D eigenvalue weighted by atomic mass is 79.9. The van der Waals surface area contributed by atoms with Crippen LogP contribution < -0.4 is 30.2 Å². The van der Waals surface area contributed by atoms with E-state index >= 15 is 0 Å². The molecule has 6 nitrogen and oxygen atoms in total. The van der Waals surface area contributed by atoms with Crippen molar-refractivity contribution in [1.29, 1.82) is 0 Å². The van der Waals surface area contributed by atoms with Gasteiger partial charge < -0.3 is 30.2 Å². The molecule has 0 heterocycles. The normalized spacial score (nSPS) is 10.8. The summed E-state index contributed by atoms with van der Waals surface area (Å²) >= 11 is 7.22. The zero-order chi connectivity index (χ0) is 69.0.